The van der Waals surface area contributed by atoms with Crippen molar-refractivity contribution in [1.29, 1.82) is 0 Å². The minimum Gasteiger partial charge on any atom is -0.341 e. The van der Waals surface area contributed by atoms with Gasteiger partial charge in [-0.15, -0.1) is 0 Å². The van der Waals surface area contributed by atoms with E-state index in [0.717, 1.165) is 32.5 Å². The highest BCUT2D eigenvalue weighted by molar-refractivity contribution is 5.76. The summed E-state index contributed by atoms with van der Waals surface area (Å²) in [5.74, 6) is 0.0784. The molecule has 0 radical (unpaired) electrons. The first-order valence-corrected chi connectivity index (χ1v) is 6.18. The molecule has 0 aromatic rings. The van der Waals surface area contributed by atoms with Gasteiger partial charge in [-0.1, -0.05) is 0 Å². The summed E-state index contributed by atoms with van der Waals surface area (Å²) in [6.45, 7) is 4.74. The van der Waals surface area contributed by atoms with E-state index in [9.17, 15) is 9.59 Å². The Labute approximate surface area is 101 Å². The topological polar surface area (TPSA) is 73.5 Å². The van der Waals surface area contributed by atoms with Crippen molar-refractivity contribution >= 4 is 11.9 Å². The van der Waals surface area contributed by atoms with Gasteiger partial charge in [-0.3, -0.25) is 4.79 Å². The van der Waals surface area contributed by atoms with Gasteiger partial charge in [0.2, 0.25) is 5.91 Å². The van der Waals surface area contributed by atoms with Gasteiger partial charge in [-0.05, 0) is 19.4 Å². The van der Waals surface area contributed by atoms with Gasteiger partial charge >= 0.3 is 6.03 Å². The fraction of sp³-hybridized carbons (Fsp3) is 0.818. The number of hydrogen-bond donors (Lipinski definition) is 3. The van der Waals surface area contributed by atoms with Gasteiger partial charge in [0.25, 0.3) is 0 Å². The normalized spacial score (nSPS) is 28.2. The van der Waals surface area contributed by atoms with Crippen molar-refractivity contribution in [3.05, 3.63) is 0 Å². The molecule has 0 bridgehead atoms. The van der Waals surface area contributed by atoms with Crippen LogP contribution in [-0.2, 0) is 4.79 Å². The van der Waals surface area contributed by atoms with Gasteiger partial charge in [0.1, 0.15) is 0 Å². The number of carbonyl (C=O) groups is 2. The summed E-state index contributed by atoms with van der Waals surface area (Å²) < 4.78 is 0. The van der Waals surface area contributed by atoms with E-state index >= 15 is 0 Å². The quantitative estimate of drug-likeness (QED) is 0.596. The van der Waals surface area contributed by atoms with Crippen molar-refractivity contribution in [3.63, 3.8) is 0 Å². The van der Waals surface area contributed by atoms with Crippen LogP contribution in [0.5, 0.6) is 0 Å². The van der Waals surface area contributed by atoms with E-state index in [-0.39, 0.29) is 24.0 Å². The number of rotatable bonds is 2. The molecule has 0 spiro atoms. The molecule has 2 atom stereocenters. The number of hydrogen-bond acceptors (Lipinski definition) is 3. The number of carbonyl (C=O) groups excluding carboxylic acids is 2. The fourth-order valence-electron chi connectivity index (χ4n) is 2.35. The van der Waals surface area contributed by atoms with Crippen molar-refractivity contribution in [2.45, 2.75) is 31.8 Å². The van der Waals surface area contributed by atoms with Crippen LogP contribution in [0, 0.1) is 0 Å². The zero-order valence-corrected chi connectivity index (χ0v) is 10.2. The van der Waals surface area contributed by atoms with Gasteiger partial charge in [0.05, 0.1) is 0 Å². The monoisotopic (exact) mass is 240 g/mol. The van der Waals surface area contributed by atoms with Crippen molar-refractivity contribution in [1.82, 2.24) is 20.9 Å². The van der Waals surface area contributed by atoms with E-state index in [1.54, 1.807) is 11.8 Å². The zero-order valence-electron chi connectivity index (χ0n) is 10.2. The molecule has 3 N–H and O–H groups in total. The van der Waals surface area contributed by atoms with Gasteiger partial charge in [-0.25, -0.2) is 4.79 Å². The van der Waals surface area contributed by atoms with Crippen molar-refractivity contribution < 1.29 is 9.59 Å². The molecule has 0 unspecified atom stereocenters. The maximum atomic E-state index is 11.7. The smallest absolute Gasteiger partial charge is 0.315 e. The van der Waals surface area contributed by atoms with E-state index in [2.05, 4.69) is 16.0 Å². The predicted octanol–water partition coefficient (Wildman–Crippen LogP) is -0.732. The summed E-state index contributed by atoms with van der Waals surface area (Å²) >= 11 is 0. The third-order valence-electron chi connectivity index (χ3n) is 3.36. The van der Waals surface area contributed by atoms with Crippen molar-refractivity contribution in [2.75, 3.05) is 26.2 Å². The molecule has 0 aromatic carbocycles. The first kappa shape index (κ1) is 12.2. The summed E-state index contributed by atoms with van der Waals surface area (Å²) in [5, 5.41) is 9.05. The predicted molar refractivity (Wildman–Crippen MR) is 63.6 cm³/mol. The molecule has 96 valence electrons. The Hall–Kier alpha value is -1.30. The molecule has 2 fully saturated rings. The summed E-state index contributed by atoms with van der Waals surface area (Å²) in [7, 11) is 0. The average molecular weight is 240 g/mol. The highest BCUT2D eigenvalue weighted by atomic mass is 16.2. The third-order valence-corrected chi connectivity index (χ3v) is 3.36. The Balaban J connectivity index is 1.70. The summed E-state index contributed by atoms with van der Waals surface area (Å²) in [5.41, 5.74) is 0. The van der Waals surface area contributed by atoms with Crippen LogP contribution < -0.4 is 16.0 Å². The van der Waals surface area contributed by atoms with Crippen LogP contribution in [0.2, 0.25) is 0 Å². The molecule has 0 aromatic heterocycles. The molecule has 2 heterocycles. The zero-order chi connectivity index (χ0) is 12.3. The Morgan fingerprint density at radius 3 is 2.59 bits per heavy atom. The van der Waals surface area contributed by atoms with Crippen LogP contribution in [0.25, 0.3) is 0 Å². The number of nitrogens with zero attached hydrogens (tertiary/aromatic N) is 1. The first-order valence-electron chi connectivity index (χ1n) is 6.18. The first-order chi connectivity index (χ1) is 8.15. The second kappa shape index (κ2) is 5.35. The molecular formula is C11H20N4O2. The minimum absolute atomic E-state index is 0.0784. The molecule has 0 saturated carbocycles. The summed E-state index contributed by atoms with van der Waals surface area (Å²) in [6, 6.07) is 0.211. The van der Waals surface area contributed by atoms with Crippen LogP contribution >= 0.6 is 0 Å². The summed E-state index contributed by atoms with van der Waals surface area (Å²) in [6.07, 6.45) is 1.83. The lowest BCUT2D eigenvalue weighted by Gasteiger charge is -2.17. The van der Waals surface area contributed by atoms with E-state index in [1.165, 1.54) is 0 Å². The van der Waals surface area contributed by atoms with Crippen LogP contribution in [0.15, 0.2) is 0 Å². The molecule has 0 aliphatic carbocycles. The van der Waals surface area contributed by atoms with E-state index in [1.807, 2.05) is 0 Å². The van der Waals surface area contributed by atoms with E-state index in [0.29, 0.717) is 6.54 Å². The number of likely N-dealkylation sites (tertiary alicyclic amines) is 1. The fourth-order valence-corrected chi connectivity index (χ4v) is 2.35. The maximum absolute atomic E-state index is 11.7. The Morgan fingerprint density at radius 2 is 2.00 bits per heavy atom. The lowest BCUT2D eigenvalue weighted by Crippen LogP contribution is -2.47. The minimum atomic E-state index is -0.117. The number of amides is 3. The van der Waals surface area contributed by atoms with Gasteiger partial charge in [0.15, 0.2) is 0 Å². The Bertz CT molecular complexity index is 302. The average Bonchev–Trinajstić information content (AvgIpc) is 2.88. The van der Waals surface area contributed by atoms with Gasteiger partial charge < -0.3 is 20.9 Å². The van der Waals surface area contributed by atoms with E-state index in [4.69, 9.17) is 0 Å². The van der Waals surface area contributed by atoms with Gasteiger partial charge in [-0.2, -0.15) is 0 Å². The van der Waals surface area contributed by atoms with Crippen LogP contribution in [0.1, 0.15) is 19.8 Å². The number of nitrogens with one attached hydrogen (secondary N) is 3. The molecule has 2 rings (SSSR count). The highest BCUT2D eigenvalue weighted by Crippen LogP contribution is 2.09. The Kier molecular flexibility index (Phi) is 3.83. The van der Waals surface area contributed by atoms with E-state index < -0.39 is 0 Å². The molecule has 6 heteroatoms. The lowest BCUT2D eigenvalue weighted by atomic mass is 10.2. The SMILES string of the molecule is CC(=O)N1CC[C@@H](NC(=O)N[C@@H]2CCNC2)C1. The molecular weight excluding hydrogens is 220 g/mol. The third kappa shape index (κ3) is 3.33. The second-order valence-electron chi connectivity index (χ2n) is 4.76. The molecule has 2 saturated heterocycles. The van der Waals surface area contributed by atoms with Gasteiger partial charge in [0, 0.05) is 38.6 Å². The summed E-state index contributed by atoms with van der Waals surface area (Å²) in [4.78, 5) is 24.6. The lowest BCUT2D eigenvalue weighted by molar-refractivity contribution is -0.127. The standard InChI is InChI=1S/C11H20N4O2/c1-8(16)15-5-3-10(7-15)14-11(17)13-9-2-4-12-6-9/h9-10,12H,2-7H2,1H3,(H2,13,14,17)/t9-,10-/m1/s1. The molecule has 2 aliphatic rings. The van der Waals surface area contributed by atoms with Crippen LogP contribution in [0.3, 0.4) is 0 Å². The van der Waals surface area contributed by atoms with Crippen molar-refractivity contribution in [3.8, 4) is 0 Å². The maximum Gasteiger partial charge on any atom is 0.315 e. The highest BCUT2D eigenvalue weighted by Gasteiger charge is 2.26. The largest absolute Gasteiger partial charge is 0.341 e. The Morgan fingerprint density at radius 1 is 1.24 bits per heavy atom. The van der Waals surface area contributed by atoms with Crippen molar-refractivity contribution in [2.24, 2.45) is 0 Å². The van der Waals surface area contributed by atoms with Crippen LogP contribution in [0.4, 0.5) is 4.79 Å². The molecule has 6 nitrogen and oxygen atoms in total. The molecule has 3 amide bonds. The second-order valence-corrected chi connectivity index (χ2v) is 4.76. The molecule has 17 heavy (non-hydrogen) atoms. The number of urea groups is 1. The van der Waals surface area contributed by atoms with Crippen LogP contribution in [-0.4, -0.2) is 55.1 Å². The molecule has 2 aliphatic heterocycles.